The van der Waals surface area contributed by atoms with Crippen molar-refractivity contribution < 1.29 is 19.1 Å². The SMILES string of the molecule is COc1ccc2c(c1)C(=O)C1=C(C2=O)C(C)CCO1. The number of benzene rings is 1. The van der Waals surface area contributed by atoms with Crippen molar-refractivity contribution >= 4 is 11.6 Å². The van der Waals surface area contributed by atoms with Gasteiger partial charge in [-0.25, -0.2) is 0 Å². The Bertz CT molecular complexity index is 613. The van der Waals surface area contributed by atoms with Crippen molar-refractivity contribution in [1.29, 1.82) is 0 Å². The van der Waals surface area contributed by atoms with Crippen molar-refractivity contribution in [2.45, 2.75) is 13.3 Å². The van der Waals surface area contributed by atoms with Gasteiger partial charge in [-0.05, 0) is 30.5 Å². The molecule has 0 N–H and O–H groups in total. The number of fused-ring (bicyclic) bond motifs is 1. The van der Waals surface area contributed by atoms with Gasteiger partial charge in [0.25, 0.3) is 0 Å². The quantitative estimate of drug-likeness (QED) is 0.776. The molecule has 0 saturated heterocycles. The molecule has 0 spiro atoms. The van der Waals surface area contributed by atoms with Gasteiger partial charge in [-0.15, -0.1) is 0 Å². The molecule has 0 amide bonds. The van der Waals surface area contributed by atoms with Gasteiger partial charge in [-0.1, -0.05) is 6.92 Å². The van der Waals surface area contributed by atoms with E-state index in [0.29, 0.717) is 29.1 Å². The molecule has 19 heavy (non-hydrogen) atoms. The summed E-state index contributed by atoms with van der Waals surface area (Å²) in [5, 5.41) is 0. The normalized spacial score (nSPS) is 21.7. The van der Waals surface area contributed by atoms with E-state index in [-0.39, 0.29) is 23.2 Å². The zero-order chi connectivity index (χ0) is 13.6. The van der Waals surface area contributed by atoms with Crippen molar-refractivity contribution in [2.75, 3.05) is 13.7 Å². The minimum Gasteiger partial charge on any atom is -0.497 e. The molecule has 0 bridgehead atoms. The summed E-state index contributed by atoms with van der Waals surface area (Å²) >= 11 is 0. The number of carbonyl (C=O) groups excluding carboxylic acids is 2. The Morgan fingerprint density at radius 3 is 2.74 bits per heavy atom. The summed E-state index contributed by atoms with van der Waals surface area (Å²) < 4.78 is 10.5. The predicted octanol–water partition coefficient (Wildman–Crippen LogP) is 2.38. The van der Waals surface area contributed by atoms with Gasteiger partial charge in [0.1, 0.15) is 5.75 Å². The molecule has 2 aliphatic rings. The minimum atomic E-state index is -0.213. The fraction of sp³-hybridized carbons (Fsp3) is 0.333. The van der Waals surface area contributed by atoms with E-state index < -0.39 is 0 Å². The molecule has 1 aromatic rings. The summed E-state index contributed by atoms with van der Waals surface area (Å²) in [6, 6.07) is 4.95. The first-order valence-electron chi connectivity index (χ1n) is 6.28. The first-order valence-corrected chi connectivity index (χ1v) is 6.28. The molecule has 4 heteroatoms. The first-order chi connectivity index (χ1) is 9.13. The second-order valence-electron chi connectivity index (χ2n) is 4.85. The predicted molar refractivity (Wildman–Crippen MR) is 68.4 cm³/mol. The van der Waals surface area contributed by atoms with Crippen LogP contribution in [0.1, 0.15) is 34.1 Å². The number of allylic oxidation sites excluding steroid dienone is 2. The third kappa shape index (κ3) is 1.67. The maximum Gasteiger partial charge on any atom is 0.228 e. The summed E-state index contributed by atoms with van der Waals surface area (Å²) in [5.41, 5.74) is 1.34. The molecule has 1 aliphatic carbocycles. The van der Waals surface area contributed by atoms with Crippen LogP contribution in [0.4, 0.5) is 0 Å². The van der Waals surface area contributed by atoms with Gasteiger partial charge in [-0.2, -0.15) is 0 Å². The van der Waals surface area contributed by atoms with Crippen molar-refractivity contribution in [1.82, 2.24) is 0 Å². The molecule has 1 unspecified atom stereocenters. The second kappa shape index (κ2) is 4.23. The number of hydrogen-bond acceptors (Lipinski definition) is 4. The number of carbonyl (C=O) groups is 2. The highest BCUT2D eigenvalue weighted by Gasteiger charge is 2.38. The third-order valence-electron chi connectivity index (χ3n) is 3.70. The van der Waals surface area contributed by atoms with Crippen LogP contribution in [0.3, 0.4) is 0 Å². The lowest BCUT2D eigenvalue weighted by Gasteiger charge is -2.29. The van der Waals surface area contributed by atoms with Crippen LogP contribution < -0.4 is 4.74 Å². The summed E-state index contributed by atoms with van der Waals surface area (Å²) in [7, 11) is 1.53. The summed E-state index contributed by atoms with van der Waals surface area (Å²) in [6.45, 7) is 2.44. The van der Waals surface area contributed by atoms with Gasteiger partial charge >= 0.3 is 0 Å². The average Bonchev–Trinajstić information content (AvgIpc) is 2.44. The molecule has 98 valence electrons. The Kier molecular flexibility index (Phi) is 2.66. The standard InChI is InChI=1S/C15H14O4/c1-8-5-6-19-15-12(8)13(16)10-4-3-9(18-2)7-11(10)14(15)17/h3-4,7-8H,5-6H2,1-2H3. The smallest absolute Gasteiger partial charge is 0.228 e. The highest BCUT2D eigenvalue weighted by atomic mass is 16.5. The number of methoxy groups -OCH3 is 1. The van der Waals surface area contributed by atoms with E-state index in [4.69, 9.17) is 9.47 Å². The minimum absolute atomic E-state index is 0.0652. The van der Waals surface area contributed by atoms with Crippen LogP contribution in [-0.2, 0) is 4.74 Å². The molecule has 4 nitrogen and oxygen atoms in total. The maximum absolute atomic E-state index is 12.5. The fourth-order valence-corrected chi connectivity index (χ4v) is 2.60. The zero-order valence-electron chi connectivity index (χ0n) is 10.9. The number of rotatable bonds is 1. The Morgan fingerprint density at radius 2 is 2.00 bits per heavy atom. The Hall–Kier alpha value is -2.10. The molecule has 1 aliphatic heterocycles. The van der Waals surface area contributed by atoms with Gasteiger partial charge in [0, 0.05) is 16.7 Å². The van der Waals surface area contributed by atoms with Crippen molar-refractivity contribution in [3.8, 4) is 5.75 Å². The van der Waals surface area contributed by atoms with Crippen LogP contribution >= 0.6 is 0 Å². The molecule has 0 radical (unpaired) electrons. The molecule has 0 saturated carbocycles. The van der Waals surface area contributed by atoms with Crippen LogP contribution in [0.2, 0.25) is 0 Å². The molecule has 0 fully saturated rings. The Labute approximate surface area is 111 Å². The van der Waals surface area contributed by atoms with Gasteiger partial charge < -0.3 is 9.47 Å². The van der Waals surface area contributed by atoms with Crippen LogP contribution in [0, 0.1) is 5.92 Å². The van der Waals surface area contributed by atoms with Gasteiger partial charge in [0.15, 0.2) is 11.5 Å². The monoisotopic (exact) mass is 258 g/mol. The highest BCUT2D eigenvalue weighted by Crippen LogP contribution is 2.36. The van der Waals surface area contributed by atoms with Gasteiger partial charge in [-0.3, -0.25) is 9.59 Å². The van der Waals surface area contributed by atoms with E-state index in [1.54, 1.807) is 18.2 Å². The lowest BCUT2D eigenvalue weighted by Crippen LogP contribution is -2.30. The number of hydrogen-bond donors (Lipinski definition) is 0. The maximum atomic E-state index is 12.5. The second-order valence-corrected chi connectivity index (χ2v) is 4.85. The molecular weight excluding hydrogens is 244 g/mol. The van der Waals surface area contributed by atoms with Crippen LogP contribution in [0.15, 0.2) is 29.5 Å². The number of ether oxygens (including phenoxy) is 2. The van der Waals surface area contributed by atoms with Crippen molar-refractivity contribution in [3.05, 3.63) is 40.7 Å². The van der Waals surface area contributed by atoms with Crippen LogP contribution in [0.25, 0.3) is 0 Å². The van der Waals surface area contributed by atoms with Crippen molar-refractivity contribution in [3.63, 3.8) is 0 Å². The van der Waals surface area contributed by atoms with Crippen LogP contribution in [0.5, 0.6) is 5.75 Å². The summed E-state index contributed by atoms with van der Waals surface area (Å²) in [5.74, 6) is 0.544. The Morgan fingerprint density at radius 1 is 1.21 bits per heavy atom. The van der Waals surface area contributed by atoms with E-state index >= 15 is 0 Å². The lowest BCUT2D eigenvalue weighted by molar-refractivity contribution is 0.0807. The molecule has 1 aromatic carbocycles. The van der Waals surface area contributed by atoms with Crippen molar-refractivity contribution in [2.24, 2.45) is 5.92 Å². The number of Topliss-reactive ketones (excluding diaryl/α,β-unsaturated/α-hetero) is 2. The van der Waals surface area contributed by atoms with E-state index in [2.05, 4.69) is 0 Å². The molecular formula is C15H14O4. The largest absolute Gasteiger partial charge is 0.497 e. The summed E-state index contributed by atoms with van der Waals surface area (Å²) in [4.78, 5) is 24.9. The molecule has 0 aromatic heterocycles. The highest BCUT2D eigenvalue weighted by molar-refractivity contribution is 6.26. The average molecular weight is 258 g/mol. The van der Waals surface area contributed by atoms with Gasteiger partial charge in [0.2, 0.25) is 5.78 Å². The lowest BCUT2D eigenvalue weighted by atomic mass is 9.80. The number of ketones is 2. The van der Waals surface area contributed by atoms with E-state index in [9.17, 15) is 9.59 Å². The fourth-order valence-electron chi connectivity index (χ4n) is 2.60. The molecule has 1 heterocycles. The van der Waals surface area contributed by atoms with E-state index in [1.165, 1.54) is 7.11 Å². The summed E-state index contributed by atoms with van der Waals surface area (Å²) in [6.07, 6.45) is 0.767. The molecule has 3 rings (SSSR count). The van der Waals surface area contributed by atoms with Crippen LogP contribution in [-0.4, -0.2) is 25.3 Å². The topological polar surface area (TPSA) is 52.6 Å². The van der Waals surface area contributed by atoms with E-state index in [0.717, 1.165) is 6.42 Å². The zero-order valence-corrected chi connectivity index (χ0v) is 10.9. The third-order valence-corrected chi connectivity index (χ3v) is 3.70. The first kappa shape index (κ1) is 12.0. The Balaban J connectivity index is 2.19. The molecule has 1 atom stereocenters. The van der Waals surface area contributed by atoms with E-state index in [1.807, 2.05) is 6.92 Å². The van der Waals surface area contributed by atoms with Gasteiger partial charge in [0.05, 0.1) is 13.7 Å².